The van der Waals surface area contributed by atoms with Crippen LogP contribution in [0.1, 0.15) is 0 Å². The number of sulfone groups is 2. The van der Waals surface area contributed by atoms with Gasteiger partial charge in [-0.15, -0.1) is 40.9 Å². The number of rotatable bonds is 18. The number of nitro groups is 4. The van der Waals surface area contributed by atoms with Crippen molar-refractivity contribution < 1.29 is 198 Å². The Morgan fingerprint density at radius 1 is 0.366 bits per heavy atom. The average molecular weight is 1700 g/mol. The fourth-order valence-corrected chi connectivity index (χ4v) is 11.7. The molecule has 0 aliphatic heterocycles. The fourth-order valence-electron chi connectivity index (χ4n) is 9.72. The van der Waals surface area contributed by atoms with Gasteiger partial charge >= 0.3 is 70.5 Å². The Bertz CT molecular complexity index is 5990. The predicted molar refractivity (Wildman–Crippen MR) is 383 cm³/mol. The van der Waals surface area contributed by atoms with Crippen LogP contribution in [0.2, 0.25) is 0 Å². The van der Waals surface area contributed by atoms with Crippen molar-refractivity contribution in [2.75, 3.05) is 12.5 Å². The van der Waals surface area contributed by atoms with Crippen LogP contribution in [0.5, 0.6) is 51.7 Å². The van der Waals surface area contributed by atoms with Crippen LogP contribution in [0.15, 0.2) is 250 Å². The van der Waals surface area contributed by atoms with Crippen molar-refractivity contribution in [1.82, 2.24) is 0 Å². The van der Waals surface area contributed by atoms with Crippen molar-refractivity contribution in [3.8, 4) is 51.7 Å². The van der Waals surface area contributed by atoms with E-state index in [4.69, 9.17) is 4.89 Å². The summed E-state index contributed by atoms with van der Waals surface area (Å²) < 4.78 is 84.7. The van der Waals surface area contributed by atoms with Crippen molar-refractivity contribution in [2.45, 2.75) is 14.7 Å². The molecule has 12 aromatic rings. The molecule has 12 aromatic carbocycles. The van der Waals surface area contributed by atoms with Crippen LogP contribution in [-0.2, 0) is 86.8 Å². The minimum atomic E-state index is -4.95. The van der Waals surface area contributed by atoms with Gasteiger partial charge in [0, 0.05) is 104 Å². The van der Waals surface area contributed by atoms with Crippen LogP contribution in [0, 0.1) is 40.5 Å². The van der Waals surface area contributed by atoms with Gasteiger partial charge in [-0.25, -0.2) is 25.3 Å². The van der Waals surface area contributed by atoms with Gasteiger partial charge in [0.25, 0.3) is 11.4 Å². The summed E-state index contributed by atoms with van der Waals surface area (Å²) in [5.41, 5.74) is -4.43. The first-order valence-electron chi connectivity index (χ1n) is 29.6. The summed E-state index contributed by atoms with van der Waals surface area (Å²) in [7, 11) is -11.8. The van der Waals surface area contributed by atoms with Crippen LogP contribution in [0.25, 0.3) is 43.1 Å². The normalized spacial score (nSPS) is 11.3. The van der Waals surface area contributed by atoms with Crippen LogP contribution >= 0.6 is 0 Å². The van der Waals surface area contributed by atoms with Gasteiger partial charge in [0.15, 0.2) is 25.4 Å². The molecule has 8 N–H and O–H groups in total. The maximum Gasteiger partial charge on any atom is 1.00 e. The van der Waals surface area contributed by atoms with Crippen LogP contribution in [-0.4, -0.2) is 103 Å². The number of fused-ring (bicyclic) bond motifs is 4. The van der Waals surface area contributed by atoms with E-state index >= 15 is 0 Å². The summed E-state index contributed by atoms with van der Waals surface area (Å²) in [6, 6.07) is 45.0. The molecule has 0 unspecified atom stereocenters. The Morgan fingerprint density at radius 2 is 0.696 bits per heavy atom. The number of nitro benzene ring substituents is 4. The second-order valence-electron chi connectivity index (χ2n) is 21.9. The van der Waals surface area contributed by atoms with Crippen LogP contribution in [0.4, 0.5) is 68.2 Å². The molecule has 0 saturated heterocycles. The monoisotopic (exact) mass is 1700 g/mol. The Balaban J connectivity index is 0.000000265. The molecule has 38 nitrogen and oxygen atoms in total. The molecule has 112 heavy (non-hydrogen) atoms. The Morgan fingerprint density at radius 3 is 1.06 bits per heavy atom. The molecule has 0 atom stereocenters. The predicted octanol–water partition coefficient (Wildman–Crippen LogP) is 9.72. The number of hydrogen-bond donors (Lipinski definition) is 8. The van der Waals surface area contributed by atoms with Crippen molar-refractivity contribution in [3.05, 3.63) is 235 Å². The molecule has 0 saturated carbocycles. The quantitative estimate of drug-likeness (QED) is 0.00753. The minimum absolute atomic E-state index is 0. The number of phenols is 8. The summed E-state index contributed by atoms with van der Waals surface area (Å²) in [4.78, 5) is 44.3. The Labute approximate surface area is 700 Å². The maximum absolute atomic E-state index is 11.6. The first-order chi connectivity index (χ1) is 51.0. The van der Waals surface area contributed by atoms with E-state index in [-0.39, 0.29) is 177 Å². The number of aromatic hydroxyl groups is 8. The second kappa shape index (κ2) is 39.3. The van der Waals surface area contributed by atoms with Gasteiger partial charge in [-0.2, -0.15) is 0 Å². The molecule has 0 aromatic heterocycles. The number of phenolic OH excluding ortho intramolecular Hbond substituents is 8. The van der Waals surface area contributed by atoms with Crippen LogP contribution in [0.3, 0.4) is 0 Å². The molecule has 12 rings (SSSR count). The number of non-ortho nitro benzene ring substituents is 2. The Kier molecular flexibility index (Phi) is 32.1. The molecule has 0 amide bonds. The molecule has 0 fully saturated rings. The minimum Gasteiger partial charge on any atom is -0.744 e. The van der Waals surface area contributed by atoms with Gasteiger partial charge in [-0.05, 0) is 64.3 Å². The summed E-state index contributed by atoms with van der Waals surface area (Å²) in [5, 5.41) is 163. The maximum atomic E-state index is 11.6. The van der Waals surface area contributed by atoms with E-state index in [1.165, 1.54) is 72.8 Å². The van der Waals surface area contributed by atoms with Gasteiger partial charge in [-0.3, -0.25) is 40.5 Å². The van der Waals surface area contributed by atoms with Gasteiger partial charge in [0.1, 0.15) is 90.1 Å². The van der Waals surface area contributed by atoms with Crippen molar-refractivity contribution in [1.29, 1.82) is 0 Å². The van der Waals surface area contributed by atoms with E-state index in [2.05, 4.69) is 63.2 Å². The third-order valence-electron chi connectivity index (χ3n) is 14.8. The zero-order chi connectivity index (χ0) is 78.7. The molecule has 0 aliphatic rings. The molecule has 564 valence electrons. The van der Waals surface area contributed by atoms with Crippen molar-refractivity contribution >= 4 is 154 Å². The van der Waals surface area contributed by atoms with Crippen molar-refractivity contribution in [2.24, 2.45) is 40.9 Å². The molecule has 0 spiro atoms. The summed E-state index contributed by atoms with van der Waals surface area (Å²) in [6.07, 6.45) is 2.13. The first kappa shape index (κ1) is 91.6. The standard InChI is InChI=1S/2C17H14N2O4S.2C16H10N4O9S.2Cr.2Na/c2*1-24(22,23)12-7-9-15(20)14(10-12)18-19-17-13-5-3-2-4-11(13)6-8-16(17)21;21-13-7-14(30(27,28)29)9-3-1-2-4-10(9)15(13)18-17-11-5-8(19(23)24)6-12(16(11)22)20(25)26;21-13-7-14(27-28-29-30)9-3-1-2-4-10(9)15(13)18-17-11-5-8(19(23)24)6-12(16(11)22)20(25)26;;;;/h2*2-10,20-21H,1H3;1-7,21-22H,(H,27,28,29);1-7,21-22,30H;;;;/q;;;;;;2*+1/p-2. The smallest absolute Gasteiger partial charge is 0.744 e. The van der Waals surface area contributed by atoms with Gasteiger partial charge in [0.2, 0.25) is 11.5 Å². The first-order valence-corrected chi connectivity index (χ1v) is 35.1. The zero-order valence-corrected chi connectivity index (χ0v) is 67.0. The number of benzene rings is 12. The van der Waals surface area contributed by atoms with E-state index in [1.807, 2.05) is 36.4 Å². The fraction of sp³-hybridized carbons (Fsp3) is 0.0303. The largest absolute Gasteiger partial charge is 1.00 e. The third-order valence-corrected chi connectivity index (χ3v) is 18.0. The molecular weight excluding hydrogens is 1660 g/mol. The number of nitrogens with zero attached hydrogens (tertiary/aromatic N) is 12. The third kappa shape index (κ3) is 22.2. The second-order valence-corrected chi connectivity index (χ2v) is 27.4. The molecule has 0 heterocycles. The number of hydrogen-bond acceptors (Lipinski definition) is 35. The van der Waals surface area contributed by atoms with E-state index in [1.54, 1.807) is 48.5 Å². The van der Waals surface area contributed by atoms with Gasteiger partial charge in [-0.1, -0.05) is 109 Å². The summed E-state index contributed by atoms with van der Waals surface area (Å²) >= 11 is 4.14. The van der Waals surface area contributed by atoms with E-state index in [0.717, 1.165) is 41.5 Å². The Hall–Kier alpha value is -11.0. The topological polar surface area (TPSA) is 586 Å². The summed E-state index contributed by atoms with van der Waals surface area (Å²) in [5.74, 6) is -3.62. The molecule has 0 bridgehead atoms. The SMILES string of the molecule is CS(=O)(=O)c1ccc(O)c(N=Nc2c(O)ccc3ccccc23)c1.CS(=O)(=O)c1ccc(O)c(N=Nc2c(O)ccc3ccccc23)c1.O=[N+]([O-])c1cc(N=Nc2c(O)cc(OOO[S-])c3ccccc23)c(O)c([N+](=O)[O-])c1.O=[N+]([O-])c1cc(N=Nc2c(O)cc(S(=O)(=O)[O-])c3ccccc23)c(O)c([N+](=O)[O-])c1.[Cr].[Cr].[Na+].[Na+]. The zero-order valence-electron chi connectivity index (χ0n) is 57.2. The van der Waals surface area contributed by atoms with E-state index < -0.39 is 112 Å². The van der Waals surface area contributed by atoms with E-state index in [0.29, 0.717) is 39.7 Å². The molecular formula is C66H46Cr2N12Na2O26S4. The van der Waals surface area contributed by atoms with Gasteiger partial charge in [0.05, 0.1) is 46.5 Å². The van der Waals surface area contributed by atoms with Gasteiger partial charge < -0.3 is 67.5 Å². The average Bonchev–Trinajstić information content (AvgIpc) is 0.758. The van der Waals surface area contributed by atoms with Crippen LogP contribution < -0.4 is 64.0 Å². The summed E-state index contributed by atoms with van der Waals surface area (Å²) in [6.45, 7) is 0. The molecule has 0 radical (unpaired) electrons. The number of azo groups is 4. The van der Waals surface area contributed by atoms with Crippen molar-refractivity contribution in [3.63, 3.8) is 0 Å². The molecule has 0 aliphatic carbocycles. The van der Waals surface area contributed by atoms with E-state index in [9.17, 15) is 111 Å². The molecule has 46 heteroatoms.